The number of halogens is 1. The zero-order chi connectivity index (χ0) is 23.7. The lowest BCUT2D eigenvalue weighted by atomic mass is 9.85. The number of rotatable bonds is 9. The first-order valence-corrected chi connectivity index (χ1v) is 12.9. The number of hydrogen-bond donors (Lipinski definition) is 3. The minimum Gasteiger partial charge on any atom is -0.369 e. The number of carbonyl (C=O) groups is 1. The van der Waals surface area contributed by atoms with Crippen LogP contribution in [0.25, 0.3) is 0 Å². The van der Waals surface area contributed by atoms with Gasteiger partial charge in [-0.1, -0.05) is 18.0 Å². The third-order valence-corrected chi connectivity index (χ3v) is 8.05. The summed E-state index contributed by atoms with van der Waals surface area (Å²) in [5.74, 6) is 1.47. The quantitative estimate of drug-likeness (QED) is 0.462. The molecule has 184 valence electrons. The van der Waals surface area contributed by atoms with Crippen LogP contribution in [0, 0.1) is 12.8 Å². The Morgan fingerprint density at radius 2 is 1.91 bits per heavy atom. The molecular weight excluding hydrogens is 452 g/mol. The number of fused-ring (bicyclic) bond motifs is 2. The largest absolute Gasteiger partial charge is 0.369 e. The van der Waals surface area contributed by atoms with Crippen molar-refractivity contribution in [3.63, 3.8) is 0 Å². The maximum Gasteiger partial charge on any atom is 0.229 e. The number of carbonyl (C=O) groups excluding carboxylic acids is 1. The number of anilines is 3. The molecule has 2 unspecified atom stereocenters. The highest BCUT2D eigenvalue weighted by molar-refractivity contribution is 6.32. The Bertz CT molecular complexity index is 1010. The topological polar surface area (TPSA) is 100 Å². The van der Waals surface area contributed by atoms with Gasteiger partial charge in [-0.3, -0.25) is 9.48 Å². The maximum absolute atomic E-state index is 11.9. The molecule has 1 amide bonds. The van der Waals surface area contributed by atoms with E-state index in [1.165, 1.54) is 19.3 Å². The minimum absolute atomic E-state index is 0.182. The normalized spacial score (nSPS) is 24.6. The summed E-state index contributed by atoms with van der Waals surface area (Å²) in [7, 11) is 2.26. The highest BCUT2D eigenvalue weighted by Gasteiger charge is 2.39. The van der Waals surface area contributed by atoms with Gasteiger partial charge in [0.05, 0.1) is 23.6 Å². The summed E-state index contributed by atoms with van der Waals surface area (Å²) < 4.78 is 2.13. The van der Waals surface area contributed by atoms with Gasteiger partial charge in [-0.2, -0.15) is 10.1 Å². The molecule has 34 heavy (non-hydrogen) atoms. The second kappa shape index (κ2) is 10.1. The SMILES string of the molecule is Cc1nn(C2CC3CCC(C2)N3C)cc1Nc1ncc(Cl)c(NCCCNC(=O)C2CCC2)n1. The van der Waals surface area contributed by atoms with E-state index in [9.17, 15) is 4.79 Å². The van der Waals surface area contributed by atoms with Crippen molar-refractivity contribution in [2.75, 3.05) is 30.8 Å². The standard InChI is InChI=1S/C24H35ClN8O/c1-15-21(14-33(31-15)19-11-17-7-8-18(12-19)32(17)2)29-24-28-13-20(25)22(30-24)26-9-4-10-27-23(34)16-5-3-6-16/h13-14,16-19H,3-12H2,1-2H3,(H,27,34)(H2,26,28,29,30). The molecule has 1 saturated carbocycles. The minimum atomic E-state index is 0.182. The van der Waals surface area contributed by atoms with E-state index in [4.69, 9.17) is 16.7 Å². The maximum atomic E-state index is 11.9. The molecular formula is C24H35ClN8O. The van der Waals surface area contributed by atoms with Crippen molar-refractivity contribution in [2.24, 2.45) is 5.92 Å². The molecule has 0 spiro atoms. The Hall–Kier alpha value is -2.39. The molecule has 4 heterocycles. The van der Waals surface area contributed by atoms with Crippen molar-refractivity contribution in [1.82, 2.24) is 30.0 Å². The zero-order valence-electron chi connectivity index (χ0n) is 20.1. The fourth-order valence-electron chi connectivity index (χ4n) is 5.38. The summed E-state index contributed by atoms with van der Waals surface area (Å²) in [5, 5.41) is 14.9. The van der Waals surface area contributed by atoms with Crippen LogP contribution in [0.2, 0.25) is 5.02 Å². The zero-order valence-corrected chi connectivity index (χ0v) is 20.8. The highest BCUT2D eigenvalue weighted by atomic mass is 35.5. The van der Waals surface area contributed by atoms with Gasteiger partial charge in [0.2, 0.25) is 11.9 Å². The van der Waals surface area contributed by atoms with Crippen LogP contribution in [-0.2, 0) is 4.79 Å². The van der Waals surface area contributed by atoms with Crippen molar-refractivity contribution < 1.29 is 4.79 Å². The van der Waals surface area contributed by atoms with Gasteiger partial charge in [-0.15, -0.1) is 0 Å². The smallest absolute Gasteiger partial charge is 0.229 e. The predicted octanol–water partition coefficient (Wildman–Crippen LogP) is 3.89. The Morgan fingerprint density at radius 1 is 1.15 bits per heavy atom. The lowest BCUT2D eigenvalue weighted by molar-refractivity contribution is -0.127. The second-order valence-corrected chi connectivity index (χ2v) is 10.4. The number of aryl methyl sites for hydroxylation is 1. The number of nitrogens with one attached hydrogen (secondary N) is 3. The van der Waals surface area contributed by atoms with E-state index in [1.54, 1.807) is 6.20 Å². The third kappa shape index (κ3) is 5.00. The Labute approximate surface area is 206 Å². The number of hydrogen-bond acceptors (Lipinski definition) is 7. The molecule has 0 radical (unpaired) electrons. The van der Waals surface area contributed by atoms with Gasteiger partial charge in [0, 0.05) is 37.3 Å². The summed E-state index contributed by atoms with van der Waals surface area (Å²) >= 11 is 6.31. The van der Waals surface area contributed by atoms with E-state index in [-0.39, 0.29) is 11.8 Å². The first-order chi connectivity index (χ1) is 16.5. The number of piperidine rings is 1. The molecule has 1 aliphatic carbocycles. The molecule has 5 rings (SSSR count). The van der Waals surface area contributed by atoms with E-state index in [0.29, 0.717) is 48.0 Å². The average Bonchev–Trinajstić information content (AvgIpc) is 3.21. The van der Waals surface area contributed by atoms with Crippen molar-refractivity contribution >= 4 is 35.0 Å². The fraction of sp³-hybridized carbons (Fsp3) is 0.667. The van der Waals surface area contributed by atoms with E-state index in [1.807, 2.05) is 6.92 Å². The van der Waals surface area contributed by atoms with Gasteiger partial charge in [-0.25, -0.2) is 4.98 Å². The van der Waals surface area contributed by atoms with Gasteiger partial charge in [0.1, 0.15) is 10.8 Å². The molecule has 3 fully saturated rings. The summed E-state index contributed by atoms with van der Waals surface area (Å²) in [6.45, 7) is 3.32. The fourth-order valence-corrected chi connectivity index (χ4v) is 5.54. The van der Waals surface area contributed by atoms with E-state index >= 15 is 0 Å². The number of nitrogens with zero attached hydrogens (tertiary/aromatic N) is 5. The highest BCUT2D eigenvalue weighted by Crippen LogP contribution is 2.40. The Morgan fingerprint density at radius 3 is 2.62 bits per heavy atom. The van der Waals surface area contributed by atoms with Gasteiger partial charge < -0.3 is 20.9 Å². The molecule has 2 aromatic heterocycles. The van der Waals surface area contributed by atoms with E-state index < -0.39 is 0 Å². The van der Waals surface area contributed by atoms with Crippen LogP contribution >= 0.6 is 11.6 Å². The van der Waals surface area contributed by atoms with Crippen LogP contribution in [0.4, 0.5) is 17.5 Å². The van der Waals surface area contributed by atoms with Gasteiger partial charge in [-0.05, 0) is 58.9 Å². The molecule has 2 saturated heterocycles. The predicted molar refractivity (Wildman–Crippen MR) is 134 cm³/mol. The average molecular weight is 487 g/mol. The Kier molecular flexibility index (Phi) is 6.92. The monoisotopic (exact) mass is 486 g/mol. The lowest BCUT2D eigenvalue weighted by Gasteiger charge is -2.36. The Balaban J connectivity index is 1.15. The molecule has 10 heteroatoms. The van der Waals surface area contributed by atoms with E-state index in [2.05, 4.69) is 48.7 Å². The number of aromatic nitrogens is 4. The second-order valence-electron chi connectivity index (χ2n) is 10.00. The summed E-state index contributed by atoms with van der Waals surface area (Å²) in [4.78, 5) is 23.4. The molecule has 3 aliphatic rings. The van der Waals surface area contributed by atoms with Gasteiger partial charge in [0.25, 0.3) is 0 Å². The first-order valence-electron chi connectivity index (χ1n) is 12.6. The summed E-state index contributed by atoms with van der Waals surface area (Å²) in [5.41, 5.74) is 1.85. The van der Waals surface area contributed by atoms with Crippen molar-refractivity contribution in [1.29, 1.82) is 0 Å². The summed E-state index contributed by atoms with van der Waals surface area (Å²) in [6.07, 6.45) is 12.6. The molecule has 2 aliphatic heterocycles. The molecule has 0 aromatic carbocycles. The van der Waals surface area contributed by atoms with Gasteiger partial charge in [0.15, 0.2) is 0 Å². The molecule has 2 atom stereocenters. The summed E-state index contributed by atoms with van der Waals surface area (Å²) in [6, 6.07) is 1.78. The van der Waals surface area contributed by atoms with Crippen LogP contribution in [0.15, 0.2) is 12.4 Å². The lowest BCUT2D eigenvalue weighted by Crippen LogP contribution is -2.40. The van der Waals surface area contributed by atoms with Crippen LogP contribution in [0.3, 0.4) is 0 Å². The molecule has 3 N–H and O–H groups in total. The molecule has 9 nitrogen and oxygen atoms in total. The first kappa shape index (κ1) is 23.4. The van der Waals surface area contributed by atoms with Crippen LogP contribution in [0.1, 0.15) is 63.1 Å². The van der Waals surface area contributed by atoms with Crippen molar-refractivity contribution in [3.8, 4) is 0 Å². The van der Waals surface area contributed by atoms with Gasteiger partial charge >= 0.3 is 0 Å². The third-order valence-electron chi connectivity index (χ3n) is 7.78. The van der Waals surface area contributed by atoms with Crippen LogP contribution < -0.4 is 16.0 Å². The van der Waals surface area contributed by atoms with Crippen LogP contribution in [-0.4, -0.2) is 62.8 Å². The van der Waals surface area contributed by atoms with Crippen molar-refractivity contribution in [3.05, 3.63) is 23.1 Å². The molecule has 2 bridgehead atoms. The van der Waals surface area contributed by atoms with E-state index in [0.717, 1.165) is 43.5 Å². The van der Waals surface area contributed by atoms with Crippen molar-refractivity contribution in [2.45, 2.75) is 76.4 Å². The van der Waals surface area contributed by atoms with Crippen LogP contribution in [0.5, 0.6) is 0 Å². The molecule has 2 aromatic rings. The number of amides is 1.